The van der Waals surface area contributed by atoms with Crippen LogP contribution in [0.5, 0.6) is 5.75 Å². The second-order valence-electron chi connectivity index (χ2n) is 5.84. The van der Waals surface area contributed by atoms with Crippen molar-refractivity contribution >= 4 is 10.9 Å². The van der Waals surface area contributed by atoms with E-state index in [1.54, 1.807) is 12.3 Å². The van der Waals surface area contributed by atoms with Crippen molar-refractivity contribution in [2.45, 2.75) is 13.0 Å². The minimum Gasteiger partial charge on any atom is -0.506 e. The van der Waals surface area contributed by atoms with E-state index in [0.29, 0.717) is 5.52 Å². The van der Waals surface area contributed by atoms with Gasteiger partial charge in [-0.3, -0.25) is 9.88 Å². The van der Waals surface area contributed by atoms with Gasteiger partial charge in [0, 0.05) is 57.5 Å². The van der Waals surface area contributed by atoms with E-state index in [1.807, 2.05) is 18.2 Å². The minimum atomic E-state index is 0.244. The topological polar surface area (TPSA) is 59.8 Å². The molecule has 118 valence electrons. The van der Waals surface area contributed by atoms with Crippen LogP contribution in [0.3, 0.4) is 0 Å². The minimum absolute atomic E-state index is 0.244. The summed E-state index contributed by atoms with van der Waals surface area (Å²) >= 11 is 0. The van der Waals surface area contributed by atoms with Gasteiger partial charge in [0.15, 0.2) is 0 Å². The van der Waals surface area contributed by atoms with Crippen LogP contribution in [0, 0.1) is 0 Å². The first-order chi connectivity index (χ1) is 10.8. The molecule has 2 aromatic rings. The molecule has 5 heteroatoms. The van der Waals surface area contributed by atoms with E-state index in [2.05, 4.69) is 14.8 Å². The smallest absolute Gasteiger partial charge is 0.141 e. The fourth-order valence-corrected chi connectivity index (χ4v) is 3.06. The molecule has 0 radical (unpaired) electrons. The monoisotopic (exact) mass is 301 g/mol. The summed E-state index contributed by atoms with van der Waals surface area (Å²) in [6.07, 6.45) is 2.57. The SMILES string of the molecule is OCCCN1CCN(Cc2ccc(O)c3ncccc23)CC1. The summed E-state index contributed by atoms with van der Waals surface area (Å²) in [6.45, 7) is 6.31. The lowest BCUT2D eigenvalue weighted by atomic mass is 10.1. The van der Waals surface area contributed by atoms with Gasteiger partial charge in [-0.2, -0.15) is 0 Å². The number of rotatable bonds is 5. The molecular formula is C17H23N3O2. The van der Waals surface area contributed by atoms with Crippen LogP contribution in [0.4, 0.5) is 0 Å². The van der Waals surface area contributed by atoms with Gasteiger partial charge < -0.3 is 15.1 Å². The molecule has 5 nitrogen and oxygen atoms in total. The van der Waals surface area contributed by atoms with E-state index in [0.717, 1.165) is 51.1 Å². The molecule has 0 unspecified atom stereocenters. The van der Waals surface area contributed by atoms with Gasteiger partial charge >= 0.3 is 0 Å². The molecule has 22 heavy (non-hydrogen) atoms. The zero-order valence-corrected chi connectivity index (χ0v) is 12.8. The maximum Gasteiger partial charge on any atom is 0.141 e. The van der Waals surface area contributed by atoms with Crippen LogP contribution in [0.25, 0.3) is 10.9 Å². The van der Waals surface area contributed by atoms with Crippen LogP contribution in [-0.2, 0) is 6.54 Å². The van der Waals surface area contributed by atoms with E-state index in [4.69, 9.17) is 5.11 Å². The normalized spacial score (nSPS) is 17.1. The number of aromatic hydroxyl groups is 1. The average molecular weight is 301 g/mol. The van der Waals surface area contributed by atoms with Crippen LogP contribution in [0.15, 0.2) is 30.5 Å². The Morgan fingerprint density at radius 1 is 1.05 bits per heavy atom. The van der Waals surface area contributed by atoms with Crippen LogP contribution in [0.1, 0.15) is 12.0 Å². The molecule has 1 aliphatic rings. The van der Waals surface area contributed by atoms with Gasteiger partial charge in [-0.25, -0.2) is 0 Å². The third-order valence-corrected chi connectivity index (χ3v) is 4.33. The Bertz CT molecular complexity index is 624. The fourth-order valence-electron chi connectivity index (χ4n) is 3.06. The molecule has 0 atom stereocenters. The van der Waals surface area contributed by atoms with Crippen molar-refractivity contribution in [2.75, 3.05) is 39.3 Å². The highest BCUT2D eigenvalue weighted by Crippen LogP contribution is 2.26. The third-order valence-electron chi connectivity index (χ3n) is 4.33. The first-order valence-electron chi connectivity index (χ1n) is 7.89. The van der Waals surface area contributed by atoms with Crippen molar-refractivity contribution in [1.29, 1.82) is 0 Å². The molecule has 1 saturated heterocycles. The number of phenols is 1. The summed E-state index contributed by atoms with van der Waals surface area (Å²) in [6, 6.07) is 7.67. The number of nitrogens with zero attached hydrogens (tertiary/aromatic N) is 3. The van der Waals surface area contributed by atoms with E-state index in [1.165, 1.54) is 5.56 Å². The highest BCUT2D eigenvalue weighted by atomic mass is 16.3. The molecule has 0 amide bonds. The van der Waals surface area contributed by atoms with Crippen LogP contribution in [-0.4, -0.2) is 64.3 Å². The number of hydrogen-bond acceptors (Lipinski definition) is 5. The standard InChI is InChI=1S/C17H23N3O2/c21-12-2-7-19-8-10-20(11-9-19)13-14-4-5-16(22)17-15(14)3-1-6-18-17/h1,3-6,21-22H,2,7-13H2. The van der Waals surface area contributed by atoms with Crippen molar-refractivity contribution < 1.29 is 10.2 Å². The summed E-state index contributed by atoms with van der Waals surface area (Å²) in [7, 11) is 0. The molecule has 0 aliphatic carbocycles. The Kier molecular flexibility index (Phi) is 4.87. The second-order valence-corrected chi connectivity index (χ2v) is 5.84. The molecule has 2 N–H and O–H groups in total. The zero-order chi connectivity index (χ0) is 15.4. The quantitative estimate of drug-likeness (QED) is 0.875. The van der Waals surface area contributed by atoms with Crippen molar-refractivity contribution in [3.63, 3.8) is 0 Å². The lowest BCUT2D eigenvalue weighted by molar-refractivity contribution is 0.120. The molecule has 3 rings (SSSR count). The summed E-state index contributed by atoms with van der Waals surface area (Å²) in [5.74, 6) is 0.244. The maximum atomic E-state index is 9.92. The summed E-state index contributed by atoms with van der Waals surface area (Å²) in [5.41, 5.74) is 1.89. The fraction of sp³-hybridized carbons (Fsp3) is 0.471. The second kappa shape index (κ2) is 7.05. The van der Waals surface area contributed by atoms with E-state index in [9.17, 15) is 5.11 Å². The van der Waals surface area contributed by atoms with Crippen molar-refractivity contribution in [3.05, 3.63) is 36.0 Å². The highest BCUT2D eigenvalue weighted by Gasteiger charge is 2.17. The lowest BCUT2D eigenvalue weighted by Crippen LogP contribution is -2.46. The number of pyridine rings is 1. The van der Waals surface area contributed by atoms with E-state index in [-0.39, 0.29) is 12.4 Å². The van der Waals surface area contributed by atoms with Gasteiger partial charge in [0.25, 0.3) is 0 Å². The molecule has 0 spiro atoms. The Morgan fingerprint density at radius 2 is 1.82 bits per heavy atom. The number of piperazine rings is 1. The van der Waals surface area contributed by atoms with Gasteiger partial charge in [0.05, 0.1) is 0 Å². The molecule has 0 saturated carbocycles. The van der Waals surface area contributed by atoms with Crippen LogP contribution in [0.2, 0.25) is 0 Å². The molecule has 1 aromatic carbocycles. The Labute approximate surface area is 130 Å². The number of aliphatic hydroxyl groups is 1. The summed E-state index contributed by atoms with van der Waals surface area (Å²) in [5, 5.41) is 19.9. The van der Waals surface area contributed by atoms with Gasteiger partial charge in [-0.1, -0.05) is 12.1 Å². The Morgan fingerprint density at radius 3 is 2.59 bits per heavy atom. The largest absolute Gasteiger partial charge is 0.506 e. The first kappa shape index (κ1) is 15.2. The molecule has 2 heterocycles. The molecule has 0 bridgehead atoms. The number of fused-ring (bicyclic) bond motifs is 1. The summed E-state index contributed by atoms with van der Waals surface area (Å²) < 4.78 is 0. The Balaban J connectivity index is 1.66. The average Bonchev–Trinajstić information content (AvgIpc) is 2.57. The molecule has 1 aromatic heterocycles. The summed E-state index contributed by atoms with van der Waals surface area (Å²) in [4.78, 5) is 9.12. The predicted molar refractivity (Wildman–Crippen MR) is 86.8 cm³/mol. The molecule has 1 fully saturated rings. The number of benzene rings is 1. The van der Waals surface area contributed by atoms with Gasteiger partial charge in [0.2, 0.25) is 0 Å². The van der Waals surface area contributed by atoms with Crippen molar-refractivity contribution in [1.82, 2.24) is 14.8 Å². The number of phenolic OH excluding ortho intramolecular Hbond substituents is 1. The van der Waals surface area contributed by atoms with E-state index < -0.39 is 0 Å². The third kappa shape index (κ3) is 3.38. The lowest BCUT2D eigenvalue weighted by Gasteiger charge is -2.34. The van der Waals surface area contributed by atoms with Crippen molar-refractivity contribution in [3.8, 4) is 5.75 Å². The van der Waals surface area contributed by atoms with E-state index >= 15 is 0 Å². The highest BCUT2D eigenvalue weighted by molar-refractivity contribution is 5.87. The zero-order valence-electron chi connectivity index (χ0n) is 12.8. The number of hydrogen-bond donors (Lipinski definition) is 2. The van der Waals surface area contributed by atoms with Gasteiger partial charge in [-0.15, -0.1) is 0 Å². The number of aromatic nitrogens is 1. The molecular weight excluding hydrogens is 278 g/mol. The Hall–Kier alpha value is -1.69. The van der Waals surface area contributed by atoms with Crippen LogP contribution < -0.4 is 0 Å². The van der Waals surface area contributed by atoms with Crippen molar-refractivity contribution in [2.24, 2.45) is 0 Å². The van der Waals surface area contributed by atoms with Crippen LogP contribution >= 0.6 is 0 Å². The van der Waals surface area contributed by atoms with Gasteiger partial charge in [0.1, 0.15) is 11.3 Å². The molecule has 1 aliphatic heterocycles. The maximum absolute atomic E-state index is 9.92. The first-order valence-corrected chi connectivity index (χ1v) is 7.89. The van der Waals surface area contributed by atoms with Gasteiger partial charge in [-0.05, 0) is 24.1 Å². The number of aliphatic hydroxyl groups excluding tert-OH is 1. The predicted octanol–water partition coefficient (Wildman–Crippen LogP) is 1.44.